The van der Waals surface area contributed by atoms with Crippen LogP contribution >= 0.6 is 0 Å². The van der Waals surface area contributed by atoms with Crippen molar-refractivity contribution in [2.75, 3.05) is 0 Å². The zero-order valence-corrected chi connectivity index (χ0v) is 13.5. The van der Waals surface area contributed by atoms with E-state index in [-0.39, 0.29) is 11.2 Å². The van der Waals surface area contributed by atoms with Gasteiger partial charge in [-0.2, -0.15) is 5.26 Å². The van der Waals surface area contributed by atoms with Gasteiger partial charge in [-0.3, -0.25) is 14.6 Å². The Morgan fingerprint density at radius 2 is 1.81 bits per heavy atom. The molecule has 26 heavy (non-hydrogen) atoms. The summed E-state index contributed by atoms with van der Waals surface area (Å²) in [7, 11) is 0. The predicted molar refractivity (Wildman–Crippen MR) is 96.9 cm³/mol. The van der Waals surface area contributed by atoms with Crippen LogP contribution in [0.1, 0.15) is 22.2 Å². The lowest BCUT2D eigenvalue weighted by Gasteiger charge is -2.09. The molecule has 5 nitrogen and oxygen atoms in total. The van der Waals surface area contributed by atoms with Crippen LogP contribution in [-0.2, 0) is 0 Å². The van der Waals surface area contributed by atoms with E-state index in [4.69, 9.17) is 4.42 Å². The summed E-state index contributed by atoms with van der Waals surface area (Å²) < 4.78 is 5.57. The van der Waals surface area contributed by atoms with Crippen molar-refractivity contribution in [1.29, 1.82) is 5.26 Å². The smallest absolute Gasteiger partial charge is 0.221 e. The minimum atomic E-state index is -1.15. The summed E-state index contributed by atoms with van der Waals surface area (Å²) in [5.74, 6) is -1.88. The Morgan fingerprint density at radius 1 is 1.04 bits per heavy atom. The number of nitriles is 1. The van der Waals surface area contributed by atoms with E-state index < -0.39 is 11.7 Å². The average molecular weight is 340 g/mol. The van der Waals surface area contributed by atoms with E-state index in [9.17, 15) is 14.9 Å². The van der Waals surface area contributed by atoms with Crippen LogP contribution in [0.4, 0.5) is 0 Å². The maximum Gasteiger partial charge on any atom is 0.221 e. The predicted octanol–water partition coefficient (Wildman–Crippen LogP) is 3.83. The third-order valence-corrected chi connectivity index (χ3v) is 4.18. The van der Waals surface area contributed by atoms with Crippen molar-refractivity contribution in [3.63, 3.8) is 0 Å². The average Bonchev–Trinajstić information content (AvgIpc) is 2.68. The summed E-state index contributed by atoms with van der Waals surface area (Å²) in [5.41, 5.74) is 1.01. The molecule has 0 aliphatic carbocycles. The number of carbonyl (C=O) groups excluding carboxylic acids is 1. The van der Waals surface area contributed by atoms with Gasteiger partial charge in [0.1, 0.15) is 5.58 Å². The third-order valence-electron chi connectivity index (χ3n) is 4.18. The molecule has 0 N–H and O–H groups in total. The summed E-state index contributed by atoms with van der Waals surface area (Å²) in [6.07, 6.45) is 0. The van der Waals surface area contributed by atoms with Gasteiger partial charge in [-0.1, -0.05) is 36.4 Å². The number of pyridine rings is 1. The van der Waals surface area contributed by atoms with Crippen LogP contribution in [0.3, 0.4) is 0 Å². The standard InChI is InChI=1S/C21H12N2O3/c22-12-15(17-10-9-13-5-1-3-7-16(13)23-17)21(25)20-11-18(24)14-6-2-4-8-19(14)26-20/h1-11,15H. The van der Waals surface area contributed by atoms with Crippen LogP contribution in [0.5, 0.6) is 0 Å². The number of carbonyl (C=O) groups is 1. The summed E-state index contributed by atoms with van der Waals surface area (Å²) in [6, 6.07) is 20.7. The summed E-state index contributed by atoms with van der Waals surface area (Å²) in [5, 5.41) is 10.8. The maximum absolute atomic E-state index is 12.8. The normalized spacial score (nSPS) is 12.0. The first-order valence-electron chi connectivity index (χ1n) is 8.00. The molecule has 5 heteroatoms. The molecular formula is C21H12N2O3. The van der Waals surface area contributed by atoms with E-state index in [1.807, 2.05) is 36.4 Å². The van der Waals surface area contributed by atoms with Gasteiger partial charge in [0, 0.05) is 11.5 Å². The highest BCUT2D eigenvalue weighted by molar-refractivity contribution is 6.01. The number of benzene rings is 2. The minimum Gasteiger partial charge on any atom is -0.453 e. The molecule has 2 aromatic carbocycles. The monoisotopic (exact) mass is 340 g/mol. The van der Waals surface area contributed by atoms with E-state index in [2.05, 4.69) is 4.98 Å². The highest BCUT2D eigenvalue weighted by Crippen LogP contribution is 2.23. The maximum atomic E-state index is 12.8. The number of para-hydroxylation sites is 2. The van der Waals surface area contributed by atoms with E-state index in [1.54, 1.807) is 30.3 Å². The molecule has 0 fully saturated rings. The van der Waals surface area contributed by atoms with Crippen molar-refractivity contribution in [1.82, 2.24) is 4.98 Å². The van der Waals surface area contributed by atoms with Crippen LogP contribution in [-0.4, -0.2) is 10.8 Å². The first-order valence-corrected chi connectivity index (χ1v) is 8.00. The van der Waals surface area contributed by atoms with Crippen LogP contribution in [0, 0.1) is 11.3 Å². The summed E-state index contributed by atoms with van der Waals surface area (Å²) >= 11 is 0. The molecule has 0 saturated heterocycles. The molecule has 0 saturated carbocycles. The quantitative estimate of drug-likeness (QED) is 0.529. The molecule has 0 radical (unpaired) electrons. The van der Waals surface area contributed by atoms with Crippen LogP contribution in [0.25, 0.3) is 21.9 Å². The number of rotatable bonds is 3. The van der Waals surface area contributed by atoms with Crippen LogP contribution in [0.15, 0.2) is 75.9 Å². The number of hydrogen-bond donors (Lipinski definition) is 0. The van der Waals surface area contributed by atoms with Crippen molar-refractivity contribution >= 4 is 27.7 Å². The largest absolute Gasteiger partial charge is 0.453 e. The summed E-state index contributed by atoms with van der Waals surface area (Å²) in [6.45, 7) is 0. The SMILES string of the molecule is N#CC(C(=O)c1cc(=O)c2ccccc2o1)c1ccc2ccccc2n1. The van der Waals surface area contributed by atoms with Gasteiger partial charge >= 0.3 is 0 Å². The molecule has 4 rings (SSSR count). The van der Waals surface area contributed by atoms with Gasteiger partial charge in [-0.05, 0) is 24.3 Å². The van der Waals surface area contributed by atoms with E-state index >= 15 is 0 Å². The van der Waals surface area contributed by atoms with Crippen molar-refractivity contribution in [2.24, 2.45) is 0 Å². The van der Waals surface area contributed by atoms with Crippen molar-refractivity contribution in [3.8, 4) is 6.07 Å². The second kappa shape index (κ2) is 6.26. The Kier molecular flexibility index (Phi) is 3.79. The first-order chi connectivity index (χ1) is 12.7. The molecule has 0 aliphatic rings. The number of ketones is 1. The lowest BCUT2D eigenvalue weighted by molar-refractivity contribution is 0.0951. The molecule has 2 aromatic heterocycles. The fourth-order valence-electron chi connectivity index (χ4n) is 2.87. The molecule has 4 aromatic rings. The molecular weight excluding hydrogens is 328 g/mol. The first kappa shape index (κ1) is 15.7. The van der Waals surface area contributed by atoms with Gasteiger partial charge in [0.05, 0.1) is 22.7 Å². The second-order valence-electron chi connectivity index (χ2n) is 5.83. The van der Waals surface area contributed by atoms with Crippen molar-refractivity contribution in [3.05, 3.63) is 88.4 Å². The van der Waals surface area contributed by atoms with Gasteiger partial charge in [-0.15, -0.1) is 0 Å². The van der Waals surface area contributed by atoms with Gasteiger partial charge in [0.2, 0.25) is 5.78 Å². The molecule has 0 bridgehead atoms. The number of nitrogens with zero attached hydrogens (tertiary/aromatic N) is 2. The Morgan fingerprint density at radius 3 is 2.65 bits per heavy atom. The zero-order chi connectivity index (χ0) is 18.1. The van der Waals surface area contributed by atoms with Gasteiger partial charge in [0.15, 0.2) is 17.1 Å². The molecule has 0 amide bonds. The molecule has 1 unspecified atom stereocenters. The van der Waals surface area contributed by atoms with Gasteiger partial charge in [0.25, 0.3) is 0 Å². The fraction of sp³-hybridized carbons (Fsp3) is 0.0476. The zero-order valence-electron chi connectivity index (χ0n) is 13.5. The summed E-state index contributed by atoms with van der Waals surface area (Å²) in [4.78, 5) is 29.4. The van der Waals surface area contributed by atoms with E-state index in [0.29, 0.717) is 22.2 Å². The number of fused-ring (bicyclic) bond motifs is 2. The molecule has 0 spiro atoms. The molecule has 1 atom stereocenters. The number of Topliss-reactive ketones (excluding diaryl/α,β-unsaturated/α-hetero) is 1. The topological polar surface area (TPSA) is 84.0 Å². The van der Waals surface area contributed by atoms with Crippen LogP contribution in [0.2, 0.25) is 0 Å². The molecule has 0 aliphatic heterocycles. The van der Waals surface area contributed by atoms with Crippen molar-refractivity contribution in [2.45, 2.75) is 5.92 Å². The highest BCUT2D eigenvalue weighted by atomic mass is 16.3. The van der Waals surface area contributed by atoms with Crippen molar-refractivity contribution < 1.29 is 9.21 Å². The van der Waals surface area contributed by atoms with Gasteiger partial charge < -0.3 is 4.42 Å². The number of aromatic nitrogens is 1. The Bertz CT molecular complexity index is 1250. The molecule has 124 valence electrons. The number of hydrogen-bond acceptors (Lipinski definition) is 5. The second-order valence-corrected chi connectivity index (χ2v) is 5.83. The Balaban J connectivity index is 1.80. The van der Waals surface area contributed by atoms with E-state index in [1.165, 1.54) is 0 Å². The fourth-order valence-corrected chi connectivity index (χ4v) is 2.87. The Labute approximate surface area is 148 Å². The van der Waals surface area contributed by atoms with E-state index in [0.717, 1.165) is 11.5 Å². The highest BCUT2D eigenvalue weighted by Gasteiger charge is 2.26. The third kappa shape index (κ3) is 2.64. The Hall–Kier alpha value is -3.78. The lowest BCUT2D eigenvalue weighted by Crippen LogP contribution is -2.15. The van der Waals surface area contributed by atoms with Gasteiger partial charge in [-0.25, -0.2) is 0 Å². The lowest BCUT2D eigenvalue weighted by atomic mass is 9.98. The minimum absolute atomic E-state index is 0.143. The van der Waals surface area contributed by atoms with Crippen LogP contribution < -0.4 is 5.43 Å². The molecule has 2 heterocycles.